The van der Waals surface area contributed by atoms with Gasteiger partial charge in [-0.25, -0.2) is 4.98 Å². The maximum absolute atomic E-state index is 12.6. The van der Waals surface area contributed by atoms with Crippen molar-refractivity contribution in [3.8, 4) is 22.9 Å². The lowest BCUT2D eigenvalue weighted by Crippen LogP contribution is -2.01. The molecule has 0 bridgehead atoms. The quantitative estimate of drug-likeness (QED) is 0.335. The first-order valence-corrected chi connectivity index (χ1v) is 10.3. The maximum Gasteiger partial charge on any atom is 0.219 e. The predicted octanol–water partition coefficient (Wildman–Crippen LogP) is 6.27. The van der Waals surface area contributed by atoms with Crippen LogP contribution in [0.4, 0.5) is 0 Å². The van der Waals surface area contributed by atoms with Crippen LogP contribution in [0.2, 0.25) is 0 Å². The van der Waals surface area contributed by atoms with E-state index >= 15 is 0 Å². The van der Waals surface area contributed by atoms with Crippen LogP contribution in [0.5, 0.6) is 11.6 Å². The molecule has 0 radical (unpaired) electrons. The van der Waals surface area contributed by atoms with E-state index in [9.17, 15) is 4.79 Å². The Morgan fingerprint density at radius 1 is 0.968 bits per heavy atom. The number of aromatic nitrogens is 2. The topological polar surface area (TPSA) is 65.2 Å². The van der Waals surface area contributed by atoms with Gasteiger partial charge in [0.05, 0.1) is 0 Å². The number of hydrogen-bond donors (Lipinski definition) is 0. The Morgan fingerprint density at radius 3 is 2.39 bits per heavy atom. The Labute approximate surface area is 181 Å². The van der Waals surface area contributed by atoms with Crippen molar-refractivity contribution in [3.63, 3.8) is 0 Å². The summed E-state index contributed by atoms with van der Waals surface area (Å²) < 4.78 is 11.2. The summed E-state index contributed by atoms with van der Waals surface area (Å²) in [5.74, 6) is 1.85. The number of nitrogens with zero attached hydrogens (tertiary/aromatic N) is 2. The van der Waals surface area contributed by atoms with E-state index in [2.05, 4.69) is 43.0 Å². The van der Waals surface area contributed by atoms with Gasteiger partial charge in [-0.1, -0.05) is 41.1 Å². The zero-order valence-corrected chi connectivity index (χ0v) is 17.9. The van der Waals surface area contributed by atoms with E-state index in [1.807, 2.05) is 36.4 Å². The number of ketones is 1. The number of rotatable bonds is 7. The first-order valence-electron chi connectivity index (χ1n) is 10.3. The molecule has 2 heterocycles. The summed E-state index contributed by atoms with van der Waals surface area (Å²) in [5.41, 5.74) is 5.99. The molecule has 0 atom stereocenters. The summed E-state index contributed by atoms with van der Waals surface area (Å²) in [7, 11) is 0. The molecule has 0 unspecified atom stereocenters. The molecule has 2 aromatic carbocycles. The highest BCUT2D eigenvalue weighted by atomic mass is 16.5. The Kier molecular flexibility index (Phi) is 5.94. The molecule has 0 fully saturated rings. The molecule has 156 valence electrons. The molecule has 0 N–H and O–H groups in total. The molecule has 0 saturated heterocycles. The fraction of sp³-hybridized carbons (Fsp3) is 0.192. The third-order valence-electron chi connectivity index (χ3n) is 5.11. The number of Topliss-reactive ketones (excluding diaryl/α,β-unsaturated/α-hetero) is 1. The van der Waals surface area contributed by atoms with Gasteiger partial charge in [0.2, 0.25) is 5.88 Å². The zero-order chi connectivity index (χ0) is 21.8. The minimum absolute atomic E-state index is 0.000548. The van der Waals surface area contributed by atoms with Crippen molar-refractivity contribution >= 4 is 5.78 Å². The van der Waals surface area contributed by atoms with Crippen molar-refractivity contribution in [1.29, 1.82) is 0 Å². The van der Waals surface area contributed by atoms with Crippen molar-refractivity contribution in [2.75, 3.05) is 0 Å². The smallest absolute Gasteiger partial charge is 0.219 e. The number of carbonyl (C=O) groups is 1. The van der Waals surface area contributed by atoms with Crippen molar-refractivity contribution in [2.45, 2.75) is 33.6 Å². The Hall–Kier alpha value is -3.73. The molecule has 0 amide bonds. The van der Waals surface area contributed by atoms with E-state index in [-0.39, 0.29) is 5.78 Å². The van der Waals surface area contributed by atoms with E-state index < -0.39 is 0 Å². The molecule has 0 aliphatic heterocycles. The highest BCUT2D eigenvalue weighted by molar-refractivity contribution is 5.95. The van der Waals surface area contributed by atoms with Crippen LogP contribution in [0.25, 0.3) is 11.3 Å². The lowest BCUT2D eigenvalue weighted by Gasteiger charge is -2.07. The van der Waals surface area contributed by atoms with Gasteiger partial charge in [0.25, 0.3) is 0 Å². The van der Waals surface area contributed by atoms with E-state index in [1.54, 1.807) is 18.3 Å². The molecule has 0 saturated carbocycles. The first kappa shape index (κ1) is 20.5. The predicted molar refractivity (Wildman–Crippen MR) is 120 cm³/mol. The number of aryl methyl sites for hydroxylation is 4. The molecule has 4 rings (SSSR count). The first-order chi connectivity index (χ1) is 15.0. The summed E-state index contributed by atoms with van der Waals surface area (Å²) in [6.07, 6.45) is 2.35. The molecule has 5 nitrogen and oxygen atoms in total. The second kappa shape index (κ2) is 8.96. The summed E-state index contributed by atoms with van der Waals surface area (Å²) in [6, 6.07) is 19.0. The normalized spacial score (nSPS) is 10.8. The number of hydrogen-bond acceptors (Lipinski definition) is 5. The highest BCUT2D eigenvalue weighted by Crippen LogP contribution is 2.28. The number of carbonyl (C=O) groups excluding carboxylic acids is 1. The summed E-state index contributed by atoms with van der Waals surface area (Å²) in [6.45, 7) is 6.23. The minimum atomic E-state index is -0.000548. The Bertz CT molecular complexity index is 1170. The van der Waals surface area contributed by atoms with Crippen LogP contribution in [0, 0.1) is 20.8 Å². The molecule has 5 heteroatoms. The molecule has 2 aromatic heterocycles. The van der Waals surface area contributed by atoms with Crippen LogP contribution < -0.4 is 4.74 Å². The monoisotopic (exact) mass is 412 g/mol. The highest BCUT2D eigenvalue weighted by Gasteiger charge is 2.14. The SMILES string of the molecule is Cc1cc(C)c(-c2cc(CCC(=O)c3ccc(Oc4ccccc4)nc3)on2)c(C)c1. The minimum Gasteiger partial charge on any atom is -0.439 e. The molecular formula is C26H24N2O3. The largest absolute Gasteiger partial charge is 0.439 e. The van der Waals surface area contributed by atoms with Crippen LogP contribution in [0.1, 0.15) is 39.2 Å². The number of benzene rings is 2. The molecule has 0 aliphatic rings. The average Bonchev–Trinajstić information content (AvgIpc) is 3.21. The van der Waals surface area contributed by atoms with Crippen LogP contribution in [-0.2, 0) is 6.42 Å². The lowest BCUT2D eigenvalue weighted by molar-refractivity contribution is 0.0980. The number of para-hydroxylation sites is 1. The van der Waals surface area contributed by atoms with Crippen molar-refractivity contribution in [2.24, 2.45) is 0 Å². The third-order valence-corrected chi connectivity index (χ3v) is 5.11. The van der Waals surface area contributed by atoms with Crippen LogP contribution in [-0.4, -0.2) is 15.9 Å². The summed E-state index contributed by atoms with van der Waals surface area (Å²) in [5, 5.41) is 4.22. The maximum atomic E-state index is 12.6. The average molecular weight is 412 g/mol. The fourth-order valence-corrected chi connectivity index (χ4v) is 3.73. The second-order valence-electron chi connectivity index (χ2n) is 7.68. The molecule has 31 heavy (non-hydrogen) atoms. The molecule has 4 aromatic rings. The molecule has 0 aliphatic carbocycles. The van der Waals surface area contributed by atoms with Gasteiger partial charge in [-0.2, -0.15) is 0 Å². The Morgan fingerprint density at radius 2 is 1.71 bits per heavy atom. The standard InChI is InChI=1S/C26H24N2O3/c1-17-13-18(2)26(19(3)14-17)23-15-22(31-28-23)10-11-24(29)20-9-12-25(27-16-20)30-21-7-5-4-6-8-21/h4-9,12-16H,10-11H2,1-3H3. The summed E-state index contributed by atoms with van der Waals surface area (Å²) in [4.78, 5) is 16.8. The number of ether oxygens (including phenoxy) is 1. The van der Waals surface area contributed by atoms with Crippen molar-refractivity contribution < 1.29 is 14.1 Å². The Balaban J connectivity index is 1.38. The second-order valence-corrected chi connectivity index (χ2v) is 7.68. The van der Waals surface area contributed by atoms with E-state index in [0.717, 1.165) is 22.4 Å². The van der Waals surface area contributed by atoms with E-state index in [0.29, 0.717) is 35.8 Å². The third kappa shape index (κ3) is 4.89. The van der Waals surface area contributed by atoms with Crippen LogP contribution >= 0.6 is 0 Å². The fourth-order valence-electron chi connectivity index (χ4n) is 3.73. The zero-order valence-electron chi connectivity index (χ0n) is 17.9. The van der Waals surface area contributed by atoms with Crippen LogP contribution in [0.3, 0.4) is 0 Å². The van der Waals surface area contributed by atoms with Gasteiger partial charge in [0.1, 0.15) is 17.2 Å². The van der Waals surface area contributed by atoms with Gasteiger partial charge in [-0.05, 0) is 50.1 Å². The van der Waals surface area contributed by atoms with Gasteiger partial charge >= 0.3 is 0 Å². The van der Waals surface area contributed by atoms with E-state index in [4.69, 9.17) is 9.26 Å². The van der Waals surface area contributed by atoms with Gasteiger partial charge in [0.15, 0.2) is 5.78 Å². The van der Waals surface area contributed by atoms with Gasteiger partial charge in [-0.3, -0.25) is 4.79 Å². The van der Waals surface area contributed by atoms with E-state index in [1.165, 1.54) is 5.56 Å². The van der Waals surface area contributed by atoms with Gasteiger partial charge in [-0.15, -0.1) is 0 Å². The van der Waals surface area contributed by atoms with Crippen molar-refractivity contribution in [1.82, 2.24) is 10.1 Å². The lowest BCUT2D eigenvalue weighted by atomic mass is 9.97. The van der Waals surface area contributed by atoms with Crippen LogP contribution in [0.15, 0.2) is 71.4 Å². The van der Waals surface area contributed by atoms with Crippen molar-refractivity contribution in [3.05, 3.63) is 94.9 Å². The summed E-state index contributed by atoms with van der Waals surface area (Å²) >= 11 is 0. The molecule has 0 spiro atoms. The number of pyridine rings is 1. The van der Waals surface area contributed by atoms with Gasteiger partial charge in [0, 0.05) is 42.3 Å². The van der Waals surface area contributed by atoms with Gasteiger partial charge < -0.3 is 9.26 Å². The molecular weight excluding hydrogens is 388 g/mol.